The van der Waals surface area contributed by atoms with E-state index < -0.39 is 0 Å². The predicted molar refractivity (Wildman–Crippen MR) is 85.6 cm³/mol. The summed E-state index contributed by atoms with van der Waals surface area (Å²) in [7, 11) is 1.67. The van der Waals surface area contributed by atoms with Crippen LogP contribution in [0.5, 0.6) is 0 Å². The first-order chi connectivity index (χ1) is 9.75. The van der Waals surface area contributed by atoms with Crippen LogP contribution < -0.4 is 10.9 Å². The molecule has 0 aliphatic carbocycles. The molecule has 21 heavy (non-hydrogen) atoms. The van der Waals surface area contributed by atoms with E-state index >= 15 is 0 Å². The lowest BCUT2D eigenvalue weighted by Gasteiger charge is -2.21. The first kappa shape index (κ1) is 17.9. The van der Waals surface area contributed by atoms with Crippen LogP contribution in [0, 0.1) is 5.92 Å². The van der Waals surface area contributed by atoms with E-state index in [-0.39, 0.29) is 11.0 Å². The summed E-state index contributed by atoms with van der Waals surface area (Å²) in [4.78, 5) is 12.5. The zero-order valence-corrected chi connectivity index (χ0v) is 14.2. The minimum absolute atomic E-state index is 0.00150. The van der Waals surface area contributed by atoms with E-state index in [0.29, 0.717) is 25.6 Å². The normalized spacial score (nSPS) is 12.1. The lowest BCUT2D eigenvalue weighted by molar-refractivity contribution is 0.199. The number of rotatable bonds is 7. The Labute approximate surface area is 127 Å². The number of methoxy groups -OCH3 is 1. The molecular weight excluding hydrogens is 266 g/mol. The molecule has 0 unspecified atom stereocenters. The molecule has 0 aromatic carbocycles. The average molecular weight is 295 g/mol. The van der Waals surface area contributed by atoms with Gasteiger partial charge in [-0.25, -0.2) is 4.68 Å². The smallest absolute Gasteiger partial charge is 0.271 e. The maximum atomic E-state index is 12.5. The van der Waals surface area contributed by atoms with Crippen LogP contribution in [0.4, 0.5) is 0 Å². The van der Waals surface area contributed by atoms with Gasteiger partial charge in [0.15, 0.2) is 0 Å². The van der Waals surface area contributed by atoms with Gasteiger partial charge < -0.3 is 10.1 Å². The van der Waals surface area contributed by atoms with Crippen molar-refractivity contribution in [2.75, 3.05) is 20.3 Å². The van der Waals surface area contributed by atoms with Crippen molar-refractivity contribution >= 4 is 0 Å². The fourth-order valence-corrected chi connectivity index (χ4v) is 1.96. The van der Waals surface area contributed by atoms with Crippen molar-refractivity contribution in [1.82, 2.24) is 15.1 Å². The fraction of sp³-hybridized carbons (Fsp3) is 0.750. The van der Waals surface area contributed by atoms with Gasteiger partial charge in [0.2, 0.25) is 0 Å². The van der Waals surface area contributed by atoms with Crippen LogP contribution in [0.2, 0.25) is 0 Å². The van der Waals surface area contributed by atoms with Crippen LogP contribution in [0.15, 0.2) is 10.9 Å². The number of nitrogens with one attached hydrogen (secondary N) is 1. The summed E-state index contributed by atoms with van der Waals surface area (Å²) in [6.07, 6.45) is 0. The lowest BCUT2D eigenvalue weighted by atomic mass is 9.91. The predicted octanol–water partition coefficient (Wildman–Crippen LogP) is 1.93. The Morgan fingerprint density at radius 1 is 1.38 bits per heavy atom. The topological polar surface area (TPSA) is 56.1 Å². The molecule has 0 aliphatic heterocycles. The van der Waals surface area contributed by atoms with Crippen LogP contribution in [-0.2, 0) is 23.2 Å². The van der Waals surface area contributed by atoms with Crippen molar-refractivity contribution in [3.63, 3.8) is 0 Å². The molecule has 1 heterocycles. The van der Waals surface area contributed by atoms with Crippen molar-refractivity contribution in [3.05, 3.63) is 27.7 Å². The third-order valence-corrected chi connectivity index (χ3v) is 3.15. The Hall–Kier alpha value is -1.20. The van der Waals surface area contributed by atoms with E-state index in [1.54, 1.807) is 11.8 Å². The molecule has 0 saturated heterocycles. The Morgan fingerprint density at radius 2 is 2.05 bits per heavy atom. The summed E-state index contributed by atoms with van der Waals surface area (Å²) in [5.74, 6) is 0.389. The highest BCUT2D eigenvalue weighted by Crippen LogP contribution is 2.19. The Bertz CT molecular complexity index is 501. The van der Waals surface area contributed by atoms with E-state index in [0.717, 1.165) is 17.8 Å². The van der Waals surface area contributed by atoms with Crippen LogP contribution in [0.3, 0.4) is 0 Å². The minimum Gasteiger partial charge on any atom is -0.383 e. The molecule has 5 nitrogen and oxygen atoms in total. The number of hydrogen-bond donors (Lipinski definition) is 1. The largest absolute Gasteiger partial charge is 0.383 e. The van der Waals surface area contributed by atoms with Gasteiger partial charge >= 0.3 is 0 Å². The highest BCUT2D eigenvalue weighted by molar-refractivity contribution is 5.19. The third kappa shape index (κ3) is 5.59. The quantitative estimate of drug-likeness (QED) is 0.781. The summed E-state index contributed by atoms with van der Waals surface area (Å²) < 4.78 is 6.62. The second-order valence-corrected chi connectivity index (χ2v) is 6.86. The molecule has 0 amide bonds. The maximum Gasteiger partial charge on any atom is 0.271 e. The van der Waals surface area contributed by atoms with Gasteiger partial charge in [-0.1, -0.05) is 34.6 Å². The van der Waals surface area contributed by atoms with E-state index in [4.69, 9.17) is 4.74 Å². The molecule has 1 aromatic heterocycles. The zero-order chi connectivity index (χ0) is 16.0. The van der Waals surface area contributed by atoms with Crippen molar-refractivity contribution in [3.8, 4) is 0 Å². The molecule has 0 spiro atoms. The average Bonchev–Trinajstić information content (AvgIpc) is 2.36. The highest BCUT2D eigenvalue weighted by atomic mass is 16.5. The standard InChI is InChI=1S/C16H29N3O2/c1-12(2)11-19-15(20)13(10-17-7-8-21-6)9-14(18-19)16(3,4)5/h9,12,17H,7-8,10-11H2,1-6H3. The van der Waals surface area contributed by atoms with Gasteiger partial charge in [0.05, 0.1) is 12.3 Å². The van der Waals surface area contributed by atoms with Gasteiger partial charge in [0.25, 0.3) is 5.56 Å². The first-order valence-electron chi connectivity index (χ1n) is 7.57. The third-order valence-electron chi connectivity index (χ3n) is 3.15. The molecule has 0 aliphatic rings. The maximum absolute atomic E-state index is 12.5. The number of hydrogen-bond acceptors (Lipinski definition) is 4. The molecule has 0 bridgehead atoms. The fourth-order valence-electron chi connectivity index (χ4n) is 1.96. The van der Waals surface area contributed by atoms with Crippen LogP contribution in [-0.4, -0.2) is 30.0 Å². The molecule has 0 radical (unpaired) electrons. The molecule has 0 saturated carbocycles. The van der Waals surface area contributed by atoms with Gasteiger partial charge in [-0.05, 0) is 12.0 Å². The van der Waals surface area contributed by atoms with E-state index in [1.807, 2.05) is 6.07 Å². The van der Waals surface area contributed by atoms with Crippen molar-refractivity contribution < 1.29 is 4.74 Å². The van der Waals surface area contributed by atoms with Crippen LogP contribution in [0.1, 0.15) is 45.9 Å². The summed E-state index contributed by atoms with van der Waals surface area (Å²) in [5.41, 5.74) is 1.65. The summed E-state index contributed by atoms with van der Waals surface area (Å²) in [6, 6.07) is 1.93. The lowest BCUT2D eigenvalue weighted by Crippen LogP contribution is -2.34. The molecule has 1 aromatic rings. The summed E-state index contributed by atoms with van der Waals surface area (Å²) in [5, 5.41) is 7.78. The second-order valence-electron chi connectivity index (χ2n) is 6.86. The van der Waals surface area contributed by atoms with Crippen LogP contribution in [0.25, 0.3) is 0 Å². The molecule has 1 N–H and O–H groups in total. The molecule has 120 valence electrons. The molecular formula is C16H29N3O2. The van der Waals surface area contributed by atoms with Gasteiger partial charge in [0.1, 0.15) is 0 Å². The Kier molecular flexibility index (Phi) is 6.55. The zero-order valence-electron chi connectivity index (χ0n) is 14.2. The SMILES string of the molecule is COCCNCc1cc(C(C)(C)C)nn(CC(C)C)c1=O. The Morgan fingerprint density at radius 3 is 2.57 bits per heavy atom. The highest BCUT2D eigenvalue weighted by Gasteiger charge is 2.19. The molecule has 1 rings (SSSR count). The van der Waals surface area contributed by atoms with Gasteiger partial charge in [-0.2, -0.15) is 5.10 Å². The van der Waals surface area contributed by atoms with Crippen molar-refractivity contribution in [1.29, 1.82) is 0 Å². The molecule has 5 heteroatoms. The minimum atomic E-state index is -0.0757. The Balaban J connectivity index is 3.06. The van der Waals surface area contributed by atoms with Crippen molar-refractivity contribution in [2.24, 2.45) is 5.92 Å². The second kappa shape index (κ2) is 7.71. The monoisotopic (exact) mass is 295 g/mol. The number of nitrogens with zero attached hydrogens (tertiary/aromatic N) is 2. The van der Waals surface area contributed by atoms with Gasteiger partial charge in [0, 0.05) is 37.7 Å². The van der Waals surface area contributed by atoms with Crippen LogP contribution >= 0.6 is 0 Å². The number of aromatic nitrogens is 2. The van der Waals surface area contributed by atoms with Crippen molar-refractivity contribution in [2.45, 2.75) is 53.1 Å². The molecule has 0 atom stereocenters. The van der Waals surface area contributed by atoms with E-state index in [9.17, 15) is 4.79 Å². The summed E-state index contributed by atoms with van der Waals surface area (Å²) >= 11 is 0. The van der Waals surface area contributed by atoms with Gasteiger partial charge in [-0.3, -0.25) is 4.79 Å². The molecule has 0 fully saturated rings. The first-order valence-corrected chi connectivity index (χ1v) is 7.57. The number of ether oxygens (including phenoxy) is 1. The van der Waals surface area contributed by atoms with E-state index in [2.05, 4.69) is 45.0 Å². The van der Waals surface area contributed by atoms with E-state index in [1.165, 1.54) is 0 Å². The summed E-state index contributed by atoms with van der Waals surface area (Å²) in [6.45, 7) is 13.1. The van der Waals surface area contributed by atoms with Gasteiger partial charge in [-0.15, -0.1) is 0 Å².